The van der Waals surface area contributed by atoms with Crippen LogP contribution in [-0.2, 0) is 14.3 Å². The maximum atomic E-state index is 10.5. The summed E-state index contributed by atoms with van der Waals surface area (Å²) in [7, 11) is 0. The molecule has 0 spiro atoms. The third-order valence-electron chi connectivity index (χ3n) is 2.61. The molecule has 94 valence electrons. The third kappa shape index (κ3) is 5.44. The SMILES string of the molecule is CC(NCCCOCC1CCCO1)C(=O)O. The highest BCUT2D eigenvalue weighted by molar-refractivity contribution is 5.72. The van der Waals surface area contributed by atoms with Crippen LogP contribution in [0.5, 0.6) is 0 Å². The first-order valence-electron chi connectivity index (χ1n) is 5.85. The number of carboxylic acids is 1. The molecule has 0 aliphatic carbocycles. The van der Waals surface area contributed by atoms with E-state index in [0.29, 0.717) is 19.8 Å². The summed E-state index contributed by atoms with van der Waals surface area (Å²) in [5.74, 6) is -0.819. The van der Waals surface area contributed by atoms with Crippen molar-refractivity contribution in [1.29, 1.82) is 0 Å². The fourth-order valence-electron chi connectivity index (χ4n) is 1.57. The number of hydrogen-bond acceptors (Lipinski definition) is 4. The maximum Gasteiger partial charge on any atom is 0.320 e. The van der Waals surface area contributed by atoms with E-state index in [1.54, 1.807) is 6.92 Å². The molecule has 1 fully saturated rings. The van der Waals surface area contributed by atoms with Crippen molar-refractivity contribution < 1.29 is 19.4 Å². The van der Waals surface area contributed by atoms with E-state index in [9.17, 15) is 4.79 Å². The van der Waals surface area contributed by atoms with Crippen molar-refractivity contribution >= 4 is 5.97 Å². The van der Waals surface area contributed by atoms with E-state index < -0.39 is 12.0 Å². The van der Waals surface area contributed by atoms with Crippen LogP contribution in [-0.4, -0.2) is 49.6 Å². The van der Waals surface area contributed by atoms with Gasteiger partial charge in [-0.3, -0.25) is 4.79 Å². The predicted molar refractivity (Wildman–Crippen MR) is 59.5 cm³/mol. The van der Waals surface area contributed by atoms with Crippen LogP contribution in [0.2, 0.25) is 0 Å². The lowest BCUT2D eigenvalue weighted by Crippen LogP contribution is -2.34. The number of ether oxygens (including phenoxy) is 2. The first-order chi connectivity index (χ1) is 7.70. The van der Waals surface area contributed by atoms with E-state index in [2.05, 4.69) is 5.32 Å². The van der Waals surface area contributed by atoms with Crippen molar-refractivity contribution in [3.05, 3.63) is 0 Å². The molecule has 2 atom stereocenters. The molecule has 1 heterocycles. The molecule has 0 aromatic rings. The first kappa shape index (κ1) is 13.4. The standard InChI is InChI=1S/C11H21NO4/c1-9(11(13)14)12-5-3-6-15-8-10-4-2-7-16-10/h9-10,12H,2-8H2,1H3,(H,13,14). The summed E-state index contributed by atoms with van der Waals surface area (Å²) in [6, 6.07) is -0.488. The van der Waals surface area contributed by atoms with Gasteiger partial charge >= 0.3 is 5.97 Å². The van der Waals surface area contributed by atoms with Crippen molar-refractivity contribution in [3.63, 3.8) is 0 Å². The molecule has 0 amide bonds. The van der Waals surface area contributed by atoms with Crippen LogP contribution >= 0.6 is 0 Å². The van der Waals surface area contributed by atoms with Gasteiger partial charge in [0.2, 0.25) is 0 Å². The lowest BCUT2D eigenvalue weighted by atomic mass is 10.2. The molecule has 1 aliphatic heterocycles. The zero-order valence-electron chi connectivity index (χ0n) is 9.78. The van der Waals surface area contributed by atoms with Crippen LogP contribution in [0.25, 0.3) is 0 Å². The Hall–Kier alpha value is -0.650. The molecule has 0 saturated carbocycles. The van der Waals surface area contributed by atoms with Crippen LogP contribution in [0.4, 0.5) is 0 Å². The maximum absolute atomic E-state index is 10.5. The van der Waals surface area contributed by atoms with Gasteiger partial charge in [-0.15, -0.1) is 0 Å². The Labute approximate surface area is 96.1 Å². The Morgan fingerprint density at radius 1 is 1.69 bits per heavy atom. The lowest BCUT2D eigenvalue weighted by molar-refractivity contribution is -0.139. The summed E-state index contributed by atoms with van der Waals surface area (Å²) >= 11 is 0. The van der Waals surface area contributed by atoms with Crippen molar-refractivity contribution in [1.82, 2.24) is 5.32 Å². The van der Waals surface area contributed by atoms with Gasteiger partial charge in [-0.25, -0.2) is 0 Å². The smallest absolute Gasteiger partial charge is 0.320 e. The molecule has 1 rings (SSSR count). The highest BCUT2D eigenvalue weighted by Crippen LogP contribution is 2.11. The Balaban J connectivity index is 1.86. The van der Waals surface area contributed by atoms with Gasteiger partial charge in [0.25, 0.3) is 0 Å². The molecule has 2 N–H and O–H groups in total. The number of rotatable bonds is 8. The summed E-state index contributed by atoms with van der Waals surface area (Å²) in [5.41, 5.74) is 0. The summed E-state index contributed by atoms with van der Waals surface area (Å²) in [6.45, 7) is 4.47. The number of aliphatic carboxylic acids is 1. The lowest BCUT2D eigenvalue weighted by Gasteiger charge is -2.11. The second-order valence-corrected chi connectivity index (χ2v) is 4.08. The monoisotopic (exact) mass is 231 g/mol. The first-order valence-corrected chi connectivity index (χ1v) is 5.85. The van der Waals surface area contributed by atoms with Crippen LogP contribution in [0.1, 0.15) is 26.2 Å². The summed E-state index contributed by atoms with van der Waals surface area (Å²) < 4.78 is 10.9. The molecule has 16 heavy (non-hydrogen) atoms. The molecule has 5 nitrogen and oxygen atoms in total. The van der Waals surface area contributed by atoms with E-state index >= 15 is 0 Å². The van der Waals surface area contributed by atoms with Crippen LogP contribution < -0.4 is 5.32 Å². The minimum absolute atomic E-state index is 0.269. The van der Waals surface area contributed by atoms with Gasteiger partial charge in [-0.2, -0.15) is 0 Å². The minimum atomic E-state index is -0.819. The van der Waals surface area contributed by atoms with E-state index in [-0.39, 0.29) is 6.10 Å². The van der Waals surface area contributed by atoms with Gasteiger partial charge in [0, 0.05) is 13.2 Å². The molecular weight excluding hydrogens is 210 g/mol. The Morgan fingerprint density at radius 2 is 2.50 bits per heavy atom. The van der Waals surface area contributed by atoms with Gasteiger partial charge in [-0.05, 0) is 32.7 Å². The van der Waals surface area contributed by atoms with Gasteiger partial charge in [-0.1, -0.05) is 0 Å². The Kier molecular flexibility index (Phi) is 6.37. The van der Waals surface area contributed by atoms with Gasteiger partial charge < -0.3 is 19.9 Å². The Morgan fingerprint density at radius 3 is 3.12 bits per heavy atom. The van der Waals surface area contributed by atoms with Crippen LogP contribution in [0.3, 0.4) is 0 Å². The number of hydrogen-bond donors (Lipinski definition) is 2. The van der Waals surface area contributed by atoms with E-state index in [1.165, 1.54) is 0 Å². The molecule has 2 unspecified atom stereocenters. The fraction of sp³-hybridized carbons (Fsp3) is 0.909. The molecule has 1 saturated heterocycles. The molecule has 5 heteroatoms. The largest absolute Gasteiger partial charge is 0.480 e. The van der Waals surface area contributed by atoms with Gasteiger partial charge in [0.05, 0.1) is 12.7 Å². The summed E-state index contributed by atoms with van der Waals surface area (Å²) in [5, 5.41) is 11.5. The van der Waals surface area contributed by atoms with Gasteiger partial charge in [0.1, 0.15) is 6.04 Å². The molecule has 1 aliphatic rings. The molecular formula is C11H21NO4. The zero-order chi connectivity index (χ0) is 11.8. The second-order valence-electron chi connectivity index (χ2n) is 4.08. The van der Waals surface area contributed by atoms with Crippen molar-refractivity contribution in [2.45, 2.75) is 38.3 Å². The number of nitrogens with one attached hydrogen (secondary N) is 1. The van der Waals surface area contributed by atoms with Crippen LogP contribution in [0, 0.1) is 0 Å². The summed E-state index contributed by atoms with van der Waals surface area (Å²) in [4.78, 5) is 10.5. The topological polar surface area (TPSA) is 67.8 Å². The highest BCUT2D eigenvalue weighted by Gasteiger charge is 2.15. The highest BCUT2D eigenvalue weighted by atomic mass is 16.5. The van der Waals surface area contributed by atoms with Crippen molar-refractivity contribution in [2.24, 2.45) is 0 Å². The number of carbonyl (C=O) groups is 1. The van der Waals surface area contributed by atoms with Crippen molar-refractivity contribution in [2.75, 3.05) is 26.4 Å². The predicted octanol–water partition coefficient (Wildman–Crippen LogP) is 0.635. The van der Waals surface area contributed by atoms with E-state index in [1.807, 2.05) is 0 Å². The third-order valence-corrected chi connectivity index (χ3v) is 2.61. The number of carboxylic acid groups (broad SMARTS) is 1. The van der Waals surface area contributed by atoms with Gasteiger partial charge in [0.15, 0.2) is 0 Å². The Bertz CT molecular complexity index is 204. The minimum Gasteiger partial charge on any atom is -0.480 e. The molecule has 0 aromatic heterocycles. The quantitative estimate of drug-likeness (QED) is 0.600. The van der Waals surface area contributed by atoms with E-state index in [4.69, 9.17) is 14.6 Å². The van der Waals surface area contributed by atoms with Crippen molar-refractivity contribution in [3.8, 4) is 0 Å². The van der Waals surface area contributed by atoms with Crippen LogP contribution in [0.15, 0.2) is 0 Å². The molecule has 0 radical (unpaired) electrons. The van der Waals surface area contributed by atoms with E-state index in [0.717, 1.165) is 25.9 Å². The average molecular weight is 231 g/mol. The fourth-order valence-corrected chi connectivity index (χ4v) is 1.57. The molecule has 0 bridgehead atoms. The average Bonchev–Trinajstić information content (AvgIpc) is 2.75. The normalized spacial score (nSPS) is 22.2. The second kappa shape index (κ2) is 7.60. The molecule has 0 aromatic carbocycles. The summed E-state index contributed by atoms with van der Waals surface area (Å²) in [6.07, 6.45) is 3.32. The zero-order valence-corrected chi connectivity index (χ0v) is 9.78.